The minimum Gasteiger partial charge on any atom is -0.480 e. The summed E-state index contributed by atoms with van der Waals surface area (Å²) in [7, 11) is 0. The molecule has 0 atom stereocenters. The zero-order valence-electron chi connectivity index (χ0n) is 6.18. The highest BCUT2D eigenvalue weighted by atomic mass is 127. The molecule has 1 rings (SSSR count). The highest BCUT2D eigenvalue weighted by molar-refractivity contribution is 14.1. The van der Waals surface area contributed by atoms with Gasteiger partial charge in [-0.2, -0.15) is 0 Å². The molecule has 0 saturated heterocycles. The third-order valence-electron chi connectivity index (χ3n) is 1.23. The van der Waals surface area contributed by atoms with E-state index in [9.17, 15) is 0 Å². The monoisotopic (exact) mass is 336 g/mol. The van der Waals surface area contributed by atoms with Crippen LogP contribution < -0.4 is 4.74 Å². The predicted octanol–water partition coefficient (Wildman–Crippen LogP) is 3.07. The summed E-state index contributed by atoms with van der Waals surface area (Å²) in [6.07, 6.45) is 5.07. The van der Waals surface area contributed by atoms with E-state index in [1.54, 1.807) is 0 Å². The number of hydrogen-bond donors (Lipinski definition) is 0. The second-order valence-corrected chi connectivity index (χ2v) is 4.00. The van der Waals surface area contributed by atoms with Gasteiger partial charge in [-0.3, -0.25) is 0 Å². The molecule has 0 aliphatic rings. The fraction of sp³-hybridized carbons (Fsp3) is 0.111. The van der Waals surface area contributed by atoms with Crippen LogP contribution in [0.2, 0.25) is 0 Å². The normalized spacial score (nSPS) is 9.08. The first-order chi connectivity index (χ1) is 5.75. The smallest absolute Gasteiger partial charge is 0.148 e. The molecule has 0 spiro atoms. The van der Waals surface area contributed by atoms with Gasteiger partial charge in [0.2, 0.25) is 0 Å². The van der Waals surface area contributed by atoms with Crippen LogP contribution in [0.5, 0.6) is 5.75 Å². The van der Waals surface area contributed by atoms with Crippen molar-refractivity contribution < 1.29 is 4.74 Å². The number of benzene rings is 1. The molecule has 12 heavy (non-hydrogen) atoms. The average Bonchev–Trinajstić information content (AvgIpc) is 2.08. The zero-order valence-corrected chi connectivity index (χ0v) is 9.92. The highest BCUT2D eigenvalue weighted by Gasteiger charge is 2.02. The van der Waals surface area contributed by atoms with Gasteiger partial charge in [-0.1, -0.05) is 12.0 Å². The lowest BCUT2D eigenvalue weighted by atomic mass is 10.3. The first-order valence-corrected chi connectivity index (χ1v) is 5.13. The maximum atomic E-state index is 5.28. The van der Waals surface area contributed by atoms with Gasteiger partial charge >= 0.3 is 0 Å². The van der Waals surface area contributed by atoms with Crippen molar-refractivity contribution in [2.45, 2.75) is 0 Å². The van der Waals surface area contributed by atoms with Crippen molar-refractivity contribution in [1.29, 1.82) is 0 Å². The van der Waals surface area contributed by atoms with Crippen molar-refractivity contribution in [3.05, 3.63) is 26.2 Å². The van der Waals surface area contributed by atoms with Crippen LogP contribution in [-0.4, -0.2) is 6.61 Å². The van der Waals surface area contributed by atoms with Crippen molar-refractivity contribution in [3.63, 3.8) is 0 Å². The van der Waals surface area contributed by atoms with Crippen LogP contribution in [0, 0.1) is 15.9 Å². The Morgan fingerprint density at radius 3 is 3.00 bits per heavy atom. The maximum absolute atomic E-state index is 5.28. The lowest BCUT2D eigenvalue weighted by Crippen LogP contribution is -1.94. The third kappa shape index (κ3) is 2.39. The Balaban J connectivity index is 2.86. The predicted molar refractivity (Wildman–Crippen MR) is 61.2 cm³/mol. The van der Waals surface area contributed by atoms with E-state index in [4.69, 9.17) is 11.2 Å². The maximum Gasteiger partial charge on any atom is 0.148 e. The molecular weight excluding hydrogens is 331 g/mol. The summed E-state index contributed by atoms with van der Waals surface area (Å²) in [4.78, 5) is 0. The van der Waals surface area contributed by atoms with Crippen molar-refractivity contribution >= 4 is 38.5 Å². The molecule has 0 saturated carbocycles. The summed E-state index contributed by atoms with van der Waals surface area (Å²) in [5.41, 5.74) is 0. The van der Waals surface area contributed by atoms with E-state index >= 15 is 0 Å². The second-order valence-electron chi connectivity index (χ2n) is 2.04. The van der Waals surface area contributed by atoms with Crippen LogP contribution in [0.4, 0.5) is 0 Å². The van der Waals surface area contributed by atoms with Gasteiger partial charge in [0.05, 0.1) is 4.47 Å². The molecule has 62 valence electrons. The lowest BCUT2D eigenvalue weighted by molar-refractivity contribution is 0.368. The quantitative estimate of drug-likeness (QED) is 0.596. The molecular formula is C9H6BrIO. The van der Waals surface area contributed by atoms with E-state index < -0.39 is 0 Å². The SMILES string of the molecule is C#CCOc1cccc(I)c1Br. The first-order valence-electron chi connectivity index (χ1n) is 3.26. The van der Waals surface area contributed by atoms with Gasteiger partial charge in [-0.15, -0.1) is 6.42 Å². The summed E-state index contributed by atoms with van der Waals surface area (Å²) >= 11 is 5.63. The van der Waals surface area contributed by atoms with E-state index in [2.05, 4.69) is 44.4 Å². The number of halogens is 2. The van der Waals surface area contributed by atoms with E-state index in [0.29, 0.717) is 6.61 Å². The van der Waals surface area contributed by atoms with Gasteiger partial charge in [0.25, 0.3) is 0 Å². The molecule has 0 unspecified atom stereocenters. The van der Waals surface area contributed by atoms with Crippen LogP contribution in [0.1, 0.15) is 0 Å². The summed E-state index contributed by atoms with van der Waals surface area (Å²) in [6, 6.07) is 5.80. The first kappa shape index (κ1) is 9.87. The molecule has 0 N–H and O–H groups in total. The largest absolute Gasteiger partial charge is 0.480 e. The number of hydrogen-bond acceptors (Lipinski definition) is 1. The minimum absolute atomic E-state index is 0.304. The van der Waals surface area contributed by atoms with E-state index in [1.165, 1.54) is 0 Å². The van der Waals surface area contributed by atoms with E-state index in [0.717, 1.165) is 13.8 Å². The van der Waals surface area contributed by atoms with Gasteiger partial charge < -0.3 is 4.74 Å². The fourth-order valence-corrected chi connectivity index (χ4v) is 1.57. The highest BCUT2D eigenvalue weighted by Crippen LogP contribution is 2.29. The van der Waals surface area contributed by atoms with Crippen molar-refractivity contribution in [3.8, 4) is 18.1 Å². The third-order valence-corrected chi connectivity index (χ3v) is 3.69. The topological polar surface area (TPSA) is 9.23 Å². The molecule has 0 heterocycles. The molecule has 0 bridgehead atoms. The fourth-order valence-electron chi connectivity index (χ4n) is 0.715. The molecule has 0 aliphatic carbocycles. The average molecular weight is 337 g/mol. The number of ether oxygens (including phenoxy) is 1. The van der Waals surface area contributed by atoms with Crippen molar-refractivity contribution in [2.24, 2.45) is 0 Å². The molecule has 0 amide bonds. The second kappa shape index (κ2) is 4.73. The molecule has 0 fully saturated rings. The Bertz CT molecular complexity index is 317. The molecule has 1 aromatic rings. The molecule has 1 nitrogen and oxygen atoms in total. The standard InChI is InChI=1S/C9H6BrIO/c1-2-6-12-8-5-3-4-7(11)9(8)10/h1,3-5H,6H2. The van der Waals surface area contributed by atoms with Gasteiger partial charge in [-0.05, 0) is 50.7 Å². The lowest BCUT2D eigenvalue weighted by Gasteiger charge is -2.05. The molecule has 0 aromatic heterocycles. The summed E-state index contributed by atoms with van der Waals surface area (Å²) in [5.74, 6) is 3.21. The van der Waals surface area contributed by atoms with Crippen molar-refractivity contribution in [1.82, 2.24) is 0 Å². The Labute approximate surface area is 93.8 Å². The summed E-state index contributed by atoms with van der Waals surface area (Å²) in [6.45, 7) is 0.304. The van der Waals surface area contributed by atoms with Gasteiger partial charge in [-0.25, -0.2) is 0 Å². The van der Waals surface area contributed by atoms with Gasteiger partial charge in [0, 0.05) is 3.57 Å². The molecule has 0 aliphatic heterocycles. The summed E-state index contributed by atoms with van der Waals surface area (Å²) < 4.78 is 7.35. The Hall–Kier alpha value is -0.210. The van der Waals surface area contributed by atoms with Crippen molar-refractivity contribution in [2.75, 3.05) is 6.61 Å². The van der Waals surface area contributed by atoms with Gasteiger partial charge in [0.1, 0.15) is 12.4 Å². The minimum atomic E-state index is 0.304. The Morgan fingerprint density at radius 2 is 2.33 bits per heavy atom. The van der Waals surface area contributed by atoms with Crippen LogP contribution in [0.3, 0.4) is 0 Å². The van der Waals surface area contributed by atoms with Crippen LogP contribution in [0.25, 0.3) is 0 Å². The zero-order chi connectivity index (χ0) is 8.97. The van der Waals surface area contributed by atoms with E-state index in [1.807, 2.05) is 18.2 Å². The summed E-state index contributed by atoms with van der Waals surface area (Å²) in [5, 5.41) is 0. The van der Waals surface area contributed by atoms with Crippen LogP contribution in [-0.2, 0) is 0 Å². The van der Waals surface area contributed by atoms with Crippen LogP contribution in [0.15, 0.2) is 22.7 Å². The molecule has 0 radical (unpaired) electrons. The Morgan fingerprint density at radius 1 is 1.58 bits per heavy atom. The van der Waals surface area contributed by atoms with Crippen LogP contribution >= 0.6 is 38.5 Å². The molecule has 1 aromatic carbocycles. The Kier molecular flexibility index (Phi) is 3.89. The number of terminal acetylenes is 1. The van der Waals surface area contributed by atoms with Gasteiger partial charge in [0.15, 0.2) is 0 Å². The number of rotatable bonds is 2. The van der Waals surface area contributed by atoms with E-state index in [-0.39, 0.29) is 0 Å². The molecule has 3 heteroatoms.